The molecule has 6 heteroatoms. The summed E-state index contributed by atoms with van der Waals surface area (Å²) < 4.78 is 0. The Bertz CT molecular complexity index is 883. The summed E-state index contributed by atoms with van der Waals surface area (Å²) in [4.78, 5) is 25.6. The van der Waals surface area contributed by atoms with Crippen molar-refractivity contribution < 1.29 is 9.72 Å². The van der Waals surface area contributed by atoms with Crippen molar-refractivity contribution in [3.63, 3.8) is 0 Å². The van der Waals surface area contributed by atoms with Gasteiger partial charge in [-0.3, -0.25) is 10.1 Å². The number of rotatable bonds is 3. The summed E-state index contributed by atoms with van der Waals surface area (Å²) in [6.45, 7) is 2.57. The van der Waals surface area contributed by atoms with Crippen LogP contribution in [-0.2, 0) is 5.54 Å². The van der Waals surface area contributed by atoms with E-state index in [1.165, 1.54) is 24.1 Å². The van der Waals surface area contributed by atoms with Crippen LogP contribution in [0.2, 0.25) is 0 Å². The Balaban J connectivity index is 1.62. The van der Waals surface area contributed by atoms with E-state index in [2.05, 4.69) is 17.4 Å². The number of likely N-dealkylation sites (tertiary alicyclic amines) is 1. The van der Waals surface area contributed by atoms with Crippen molar-refractivity contribution in [2.45, 2.75) is 38.1 Å². The van der Waals surface area contributed by atoms with Gasteiger partial charge >= 0.3 is 6.03 Å². The summed E-state index contributed by atoms with van der Waals surface area (Å²) in [5, 5.41) is 14.0. The average Bonchev–Trinajstić information content (AvgIpc) is 2.65. The number of hydrogen-bond acceptors (Lipinski definition) is 3. The number of nitrogens with one attached hydrogen (secondary N) is 1. The van der Waals surface area contributed by atoms with Gasteiger partial charge in [0.25, 0.3) is 5.69 Å². The van der Waals surface area contributed by atoms with Gasteiger partial charge in [-0.2, -0.15) is 0 Å². The van der Waals surface area contributed by atoms with E-state index in [4.69, 9.17) is 0 Å². The average molecular weight is 365 g/mol. The first-order valence-corrected chi connectivity index (χ1v) is 9.41. The number of fused-ring (bicyclic) bond motifs is 1. The molecule has 0 unspecified atom stereocenters. The summed E-state index contributed by atoms with van der Waals surface area (Å²) in [7, 11) is 0. The molecule has 1 N–H and O–H groups in total. The molecule has 27 heavy (non-hydrogen) atoms. The predicted molar refractivity (Wildman–Crippen MR) is 104 cm³/mol. The topological polar surface area (TPSA) is 75.5 Å². The molecule has 0 radical (unpaired) electrons. The molecule has 0 aromatic heterocycles. The van der Waals surface area contributed by atoms with Crippen LogP contribution in [0, 0.1) is 23.0 Å². The lowest BCUT2D eigenvalue weighted by molar-refractivity contribution is -0.384. The quantitative estimate of drug-likeness (QED) is 0.625. The minimum Gasteiger partial charge on any atom is -0.314 e. The Hall–Kier alpha value is -2.89. The van der Waals surface area contributed by atoms with Crippen LogP contribution in [0.4, 0.5) is 16.2 Å². The van der Waals surface area contributed by atoms with E-state index in [9.17, 15) is 14.9 Å². The number of nitro groups is 1. The third kappa shape index (κ3) is 2.85. The number of benzene rings is 2. The fourth-order valence-corrected chi connectivity index (χ4v) is 4.66. The second kappa shape index (κ2) is 6.68. The number of amides is 2. The summed E-state index contributed by atoms with van der Waals surface area (Å²) in [6.07, 6.45) is 4.40. The minimum atomic E-state index is -0.443. The van der Waals surface area contributed by atoms with Crippen molar-refractivity contribution in [2.75, 3.05) is 11.9 Å². The van der Waals surface area contributed by atoms with Crippen molar-refractivity contribution in [1.82, 2.24) is 4.90 Å². The Labute approximate surface area is 158 Å². The van der Waals surface area contributed by atoms with Crippen molar-refractivity contribution in [3.8, 4) is 0 Å². The molecule has 1 heterocycles. The zero-order valence-electron chi connectivity index (χ0n) is 15.4. The van der Waals surface area contributed by atoms with E-state index in [1.54, 1.807) is 6.07 Å². The molecule has 2 atom stereocenters. The fraction of sp³-hybridized carbons (Fsp3) is 0.381. The first-order valence-electron chi connectivity index (χ1n) is 9.41. The fourth-order valence-electron chi connectivity index (χ4n) is 4.66. The highest BCUT2D eigenvalue weighted by molar-refractivity contribution is 5.92. The van der Waals surface area contributed by atoms with Gasteiger partial charge in [-0.1, -0.05) is 49.2 Å². The number of carbonyl (C=O) groups excluding carboxylic acids is 1. The highest BCUT2D eigenvalue weighted by Gasteiger charge is 2.57. The maximum atomic E-state index is 13.1. The zero-order chi connectivity index (χ0) is 19.0. The lowest BCUT2D eigenvalue weighted by Gasteiger charge is -2.61. The highest BCUT2D eigenvalue weighted by Crippen LogP contribution is 2.53. The van der Waals surface area contributed by atoms with Crippen LogP contribution >= 0.6 is 0 Å². The molecule has 0 bridgehead atoms. The molecule has 2 aromatic rings. The molecule has 1 aliphatic carbocycles. The number of urea groups is 1. The van der Waals surface area contributed by atoms with Crippen molar-refractivity contribution in [2.24, 2.45) is 5.92 Å². The molecule has 1 saturated heterocycles. The molecule has 2 aliphatic rings. The lowest BCUT2D eigenvalue weighted by Crippen LogP contribution is -2.68. The molecule has 0 spiro atoms. The molecule has 1 saturated carbocycles. The van der Waals surface area contributed by atoms with E-state index in [-0.39, 0.29) is 17.3 Å². The predicted octanol–water partition coefficient (Wildman–Crippen LogP) is 4.84. The molecule has 4 rings (SSSR count). The summed E-state index contributed by atoms with van der Waals surface area (Å²) in [6, 6.07) is 14.6. The van der Waals surface area contributed by atoms with Crippen LogP contribution in [0.1, 0.15) is 36.8 Å². The van der Waals surface area contributed by atoms with Gasteiger partial charge in [0.1, 0.15) is 0 Å². The van der Waals surface area contributed by atoms with E-state index in [0.717, 1.165) is 31.4 Å². The van der Waals surface area contributed by atoms with E-state index in [0.29, 0.717) is 11.6 Å². The van der Waals surface area contributed by atoms with Crippen molar-refractivity contribution in [1.29, 1.82) is 0 Å². The normalized spacial score (nSPS) is 23.9. The summed E-state index contributed by atoms with van der Waals surface area (Å²) in [5.41, 5.74) is 2.22. The van der Waals surface area contributed by atoms with Gasteiger partial charge in [0, 0.05) is 24.6 Å². The van der Waals surface area contributed by atoms with Crippen molar-refractivity contribution in [3.05, 3.63) is 69.8 Å². The van der Waals surface area contributed by atoms with Crippen molar-refractivity contribution >= 4 is 17.4 Å². The molecule has 2 fully saturated rings. The molecule has 2 amide bonds. The molecule has 6 nitrogen and oxygen atoms in total. The number of anilines is 1. The molecular formula is C21H23N3O3. The zero-order valence-corrected chi connectivity index (χ0v) is 15.4. The maximum Gasteiger partial charge on any atom is 0.322 e. The van der Waals surface area contributed by atoms with Crippen LogP contribution in [-0.4, -0.2) is 22.4 Å². The van der Waals surface area contributed by atoms with Crippen LogP contribution in [0.25, 0.3) is 0 Å². The standard InChI is InChI=1S/C21H23N3O3/c1-15-10-11-18(24(26)27)13-19(15)22-20(25)23-14-17-9-5-6-12-21(17,23)16-7-3-2-4-8-16/h2-4,7-8,10-11,13,17H,5-6,9,12,14H2,1H3,(H,22,25)/t17-,21+/m1/s1. The number of aryl methyl sites for hydroxylation is 1. The van der Waals surface area contributed by atoms with E-state index in [1.807, 2.05) is 30.0 Å². The third-order valence-corrected chi connectivity index (χ3v) is 6.11. The van der Waals surface area contributed by atoms with Gasteiger partial charge in [0.2, 0.25) is 0 Å². The maximum absolute atomic E-state index is 13.1. The SMILES string of the molecule is Cc1ccc([N+](=O)[O-])cc1NC(=O)N1C[C@H]2CCCC[C@]21c1ccccc1. The number of non-ortho nitro benzene ring substituents is 1. The smallest absolute Gasteiger partial charge is 0.314 e. The largest absolute Gasteiger partial charge is 0.322 e. The highest BCUT2D eigenvalue weighted by atomic mass is 16.6. The number of carbonyl (C=O) groups is 1. The van der Waals surface area contributed by atoms with Gasteiger partial charge in [0.05, 0.1) is 16.1 Å². The van der Waals surface area contributed by atoms with Gasteiger partial charge in [-0.15, -0.1) is 0 Å². The van der Waals surface area contributed by atoms with Crippen LogP contribution < -0.4 is 5.32 Å². The molecule has 1 aliphatic heterocycles. The number of nitrogens with zero attached hydrogens (tertiary/aromatic N) is 2. The molecule has 2 aromatic carbocycles. The first kappa shape index (κ1) is 17.5. The Morgan fingerprint density at radius 2 is 2.00 bits per heavy atom. The monoisotopic (exact) mass is 365 g/mol. The second-order valence-corrected chi connectivity index (χ2v) is 7.53. The second-order valence-electron chi connectivity index (χ2n) is 7.53. The van der Waals surface area contributed by atoms with Crippen LogP contribution in [0.3, 0.4) is 0 Å². The minimum absolute atomic E-state index is 0.0205. The molecular weight excluding hydrogens is 342 g/mol. The van der Waals surface area contributed by atoms with Gasteiger partial charge < -0.3 is 10.2 Å². The number of hydrogen-bond donors (Lipinski definition) is 1. The Morgan fingerprint density at radius 3 is 2.70 bits per heavy atom. The van der Waals surface area contributed by atoms with Crippen LogP contribution in [0.5, 0.6) is 0 Å². The van der Waals surface area contributed by atoms with E-state index < -0.39 is 4.92 Å². The summed E-state index contributed by atoms with van der Waals surface area (Å²) in [5.74, 6) is 0.477. The Morgan fingerprint density at radius 1 is 1.22 bits per heavy atom. The Kier molecular flexibility index (Phi) is 4.34. The first-order chi connectivity index (χ1) is 13.0. The van der Waals surface area contributed by atoms with Gasteiger partial charge in [-0.25, -0.2) is 4.79 Å². The molecule has 140 valence electrons. The van der Waals surface area contributed by atoms with Gasteiger partial charge in [-0.05, 0) is 30.9 Å². The third-order valence-electron chi connectivity index (χ3n) is 6.11. The summed E-state index contributed by atoms with van der Waals surface area (Å²) >= 11 is 0. The lowest BCUT2D eigenvalue weighted by atomic mass is 9.62. The van der Waals surface area contributed by atoms with E-state index >= 15 is 0 Å². The van der Waals surface area contributed by atoms with Gasteiger partial charge in [0.15, 0.2) is 0 Å². The number of nitro benzene ring substituents is 1. The van der Waals surface area contributed by atoms with Crippen LogP contribution in [0.15, 0.2) is 48.5 Å².